The largest absolute Gasteiger partial charge is 0.0743 e. The van der Waals surface area contributed by atoms with Crippen molar-refractivity contribution >= 4 is 0 Å². The summed E-state index contributed by atoms with van der Waals surface area (Å²) in [4.78, 5) is 0. The molecule has 0 amide bonds. The predicted octanol–water partition coefficient (Wildman–Crippen LogP) is 1.50. The van der Waals surface area contributed by atoms with Crippen LogP contribution in [0.25, 0.3) is 0 Å². The number of hydrogen-bond donors (Lipinski definition) is 0. The van der Waals surface area contributed by atoms with Crippen LogP contribution in [0.5, 0.6) is 0 Å². The number of rotatable bonds is 0. The summed E-state index contributed by atoms with van der Waals surface area (Å²) in [6.07, 6.45) is 3.97. The molecule has 0 aliphatic heterocycles. The van der Waals surface area contributed by atoms with Crippen molar-refractivity contribution in [3.05, 3.63) is 23.6 Å². The van der Waals surface area contributed by atoms with Gasteiger partial charge in [-0.05, 0) is 12.2 Å². The van der Waals surface area contributed by atoms with E-state index in [4.69, 9.17) is 0 Å². The van der Waals surface area contributed by atoms with E-state index in [9.17, 15) is 0 Å². The minimum absolute atomic E-state index is 0.574. The number of allylic oxidation sites excluding steroid dienone is 2. The molecule has 0 atom stereocenters. The third kappa shape index (κ3) is 0.440. The lowest BCUT2D eigenvalue weighted by molar-refractivity contribution is 0.956. The normalized spacial score (nSPS) is 17.5. The van der Waals surface area contributed by atoms with Crippen molar-refractivity contribution in [3.63, 3.8) is 0 Å². The van der Waals surface area contributed by atoms with E-state index in [1.807, 2.05) is 12.2 Å². The Labute approximate surface area is 37.5 Å². The maximum atomic E-state index is 2.84. The maximum Gasteiger partial charge on any atom is 0.00828 e. The molecule has 0 heteroatoms. The summed E-state index contributed by atoms with van der Waals surface area (Å²) >= 11 is 0. The van der Waals surface area contributed by atoms with Gasteiger partial charge in [-0.25, -0.2) is 0 Å². The molecule has 0 radical (unpaired) electrons. The maximum absolute atomic E-state index is 2.84. The van der Waals surface area contributed by atoms with Gasteiger partial charge in [0.05, 0.1) is 0 Å². The molecule has 0 saturated carbocycles. The van der Waals surface area contributed by atoms with Gasteiger partial charge >= 0.3 is 0 Å². The highest BCUT2D eigenvalue weighted by atomic mass is 13.9. The monoisotopic (exact) mass is 78.0 g/mol. The lowest BCUT2D eigenvalue weighted by Gasteiger charge is -1.82. The van der Waals surface area contributed by atoms with Crippen LogP contribution in [0.4, 0.5) is 0 Å². The molecule has 1 aliphatic carbocycles. The van der Waals surface area contributed by atoms with Crippen molar-refractivity contribution in [2.75, 3.05) is 0 Å². The van der Waals surface area contributed by atoms with Gasteiger partial charge in [0.25, 0.3) is 0 Å². The lowest BCUT2D eigenvalue weighted by Crippen LogP contribution is -1.72. The quantitative estimate of drug-likeness (QED) is 0.385. The zero-order valence-electron chi connectivity index (χ0n) is 3.73. The molecule has 1 rings (SSSR count). The van der Waals surface area contributed by atoms with E-state index < -0.39 is 0 Å². The molecule has 0 spiro atoms. The van der Waals surface area contributed by atoms with E-state index >= 15 is 0 Å². The lowest BCUT2D eigenvalue weighted by atomic mass is 10.2. The first-order chi connectivity index (χ1) is 2.89. The number of hydrogen-bond acceptors (Lipinski definition) is 0. The highest BCUT2D eigenvalue weighted by Gasteiger charge is 1.87. The average Bonchev–Trinajstić information content (AvgIpc) is 1.86. The Morgan fingerprint density at radius 3 is 2.00 bits per heavy atom. The molecule has 0 aromatic heterocycles. The smallest absolute Gasteiger partial charge is 0.00828 e. The summed E-state index contributed by atoms with van der Waals surface area (Å²) in [5.41, 5.74) is 5.68. The molecule has 0 saturated heterocycles. The van der Waals surface area contributed by atoms with Crippen molar-refractivity contribution in [1.29, 1.82) is 0 Å². The van der Waals surface area contributed by atoms with Crippen LogP contribution in [-0.2, 0) is 0 Å². The van der Waals surface area contributed by atoms with Crippen molar-refractivity contribution in [1.82, 2.24) is 0 Å². The topological polar surface area (TPSA) is 0 Å². The first-order valence-corrected chi connectivity index (χ1v) is 2.07. The van der Waals surface area contributed by atoms with Crippen molar-refractivity contribution in [2.45, 2.75) is 6.92 Å². The standard InChI is InChI=1S/C6H6/c1-6-4-2-3-5-6/h4-6H,1H3. The van der Waals surface area contributed by atoms with Gasteiger partial charge in [-0.1, -0.05) is 18.4 Å². The van der Waals surface area contributed by atoms with Gasteiger partial charge in [0.1, 0.15) is 0 Å². The highest BCUT2D eigenvalue weighted by molar-refractivity contribution is 5.04. The second-order valence-corrected chi connectivity index (χ2v) is 1.48. The van der Waals surface area contributed by atoms with Crippen LogP contribution in [0, 0.1) is 5.92 Å². The van der Waals surface area contributed by atoms with Gasteiger partial charge < -0.3 is 0 Å². The van der Waals surface area contributed by atoms with Crippen molar-refractivity contribution in [2.24, 2.45) is 5.92 Å². The Morgan fingerprint density at radius 2 is 1.83 bits per heavy atom. The van der Waals surface area contributed by atoms with E-state index in [1.165, 1.54) is 0 Å². The fraction of sp³-hybridized carbons (Fsp3) is 0.333. The average molecular weight is 78.1 g/mol. The van der Waals surface area contributed by atoms with Gasteiger partial charge in [0.15, 0.2) is 0 Å². The molecule has 0 aromatic rings. The van der Waals surface area contributed by atoms with E-state index in [0.29, 0.717) is 5.92 Å². The zero-order chi connectivity index (χ0) is 4.41. The first-order valence-electron chi connectivity index (χ1n) is 2.07. The van der Waals surface area contributed by atoms with E-state index in [-0.39, 0.29) is 0 Å². The van der Waals surface area contributed by atoms with Crippen LogP contribution < -0.4 is 0 Å². The van der Waals surface area contributed by atoms with Gasteiger partial charge in [-0.2, -0.15) is 0 Å². The van der Waals surface area contributed by atoms with Crippen LogP contribution in [0.3, 0.4) is 0 Å². The highest BCUT2D eigenvalue weighted by Crippen LogP contribution is 1.99. The van der Waals surface area contributed by atoms with Gasteiger partial charge in [0, 0.05) is 5.92 Å². The van der Waals surface area contributed by atoms with Crippen molar-refractivity contribution < 1.29 is 0 Å². The Balaban J connectivity index is 2.89. The summed E-state index contributed by atoms with van der Waals surface area (Å²) in [6, 6.07) is 0. The molecule has 0 nitrogen and oxygen atoms in total. The summed E-state index contributed by atoms with van der Waals surface area (Å²) in [6.45, 7) is 2.10. The molecule has 1 aliphatic rings. The van der Waals surface area contributed by atoms with Gasteiger partial charge in [-0.15, -0.1) is 0 Å². The molecular weight excluding hydrogens is 72.1 g/mol. The van der Waals surface area contributed by atoms with Crippen LogP contribution in [0.2, 0.25) is 0 Å². The molecule has 6 heavy (non-hydrogen) atoms. The minimum Gasteiger partial charge on any atom is -0.0743 e. The molecule has 0 aromatic carbocycles. The molecule has 30 valence electrons. The Hall–Kier alpha value is -0.700. The van der Waals surface area contributed by atoms with E-state index in [1.54, 1.807) is 0 Å². The molecule has 0 unspecified atom stereocenters. The molecule has 0 bridgehead atoms. The third-order valence-electron chi connectivity index (χ3n) is 0.776. The summed E-state index contributed by atoms with van der Waals surface area (Å²) in [5.74, 6) is 0.574. The SMILES string of the molecule is CC1C=C=C=C1. The fourth-order valence-electron chi connectivity index (χ4n) is 0.407. The summed E-state index contributed by atoms with van der Waals surface area (Å²) < 4.78 is 0. The zero-order valence-corrected chi connectivity index (χ0v) is 3.73. The fourth-order valence-corrected chi connectivity index (χ4v) is 0.407. The van der Waals surface area contributed by atoms with Gasteiger partial charge in [0.2, 0.25) is 0 Å². The third-order valence-corrected chi connectivity index (χ3v) is 0.776. The Morgan fingerprint density at radius 1 is 1.33 bits per heavy atom. The molecule has 0 fully saturated rings. The van der Waals surface area contributed by atoms with E-state index in [0.717, 1.165) is 0 Å². The molecule has 0 heterocycles. The Kier molecular flexibility index (Phi) is 0.686. The summed E-state index contributed by atoms with van der Waals surface area (Å²) in [5, 5.41) is 0. The van der Waals surface area contributed by atoms with Crippen LogP contribution >= 0.6 is 0 Å². The van der Waals surface area contributed by atoms with Crippen molar-refractivity contribution in [3.8, 4) is 0 Å². The molecule has 0 N–H and O–H groups in total. The first kappa shape index (κ1) is 3.49. The van der Waals surface area contributed by atoms with Crippen LogP contribution in [-0.4, -0.2) is 0 Å². The van der Waals surface area contributed by atoms with Crippen LogP contribution in [0.15, 0.2) is 23.6 Å². The van der Waals surface area contributed by atoms with E-state index in [2.05, 4.69) is 18.4 Å². The summed E-state index contributed by atoms with van der Waals surface area (Å²) in [7, 11) is 0. The molecular formula is C6H6. The van der Waals surface area contributed by atoms with Gasteiger partial charge in [-0.3, -0.25) is 0 Å². The van der Waals surface area contributed by atoms with Crippen LogP contribution in [0.1, 0.15) is 6.92 Å². The minimum atomic E-state index is 0.574. The Bertz CT molecular complexity index is 114. The second-order valence-electron chi connectivity index (χ2n) is 1.48. The second kappa shape index (κ2) is 1.18. The predicted molar refractivity (Wildman–Crippen MR) is 25.3 cm³/mol.